The number of furan rings is 1. The Morgan fingerprint density at radius 2 is 2.05 bits per heavy atom. The molecule has 19 heavy (non-hydrogen) atoms. The molecule has 3 rings (SSSR count). The fraction of sp³-hybridized carbons (Fsp3) is 0.214. The molecule has 2 aromatic rings. The lowest BCUT2D eigenvalue weighted by molar-refractivity contribution is -0.917. The summed E-state index contributed by atoms with van der Waals surface area (Å²) in [5.41, 5.74) is 1.12. The SMILES string of the molecule is S=C1NC[NH+](Cc2ccco2)CN1c1ccccc1. The Morgan fingerprint density at radius 3 is 2.79 bits per heavy atom. The van der Waals surface area contributed by atoms with Gasteiger partial charge in [-0.25, -0.2) is 0 Å². The molecule has 5 heteroatoms. The molecule has 2 N–H and O–H groups in total. The molecular formula is C14H16N3OS+. The minimum Gasteiger partial charge on any atom is -0.463 e. The molecule has 1 atom stereocenters. The molecule has 1 aliphatic rings. The molecule has 1 aromatic carbocycles. The van der Waals surface area contributed by atoms with E-state index < -0.39 is 0 Å². The van der Waals surface area contributed by atoms with Crippen LogP contribution in [0.1, 0.15) is 5.76 Å². The van der Waals surface area contributed by atoms with Crippen molar-refractivity contribution >= 4 is 23.0 Å². The third-order valence-electron chi connectivity index (χ3n) is 3.19. The van der Waals surface area contributed by atoms with Gasteiger partial charge in [-0.3, -0.25) is 9.80 Å². The zero-order valence-corrected chi connectivity index (χ0v) is 11.3. The van der Waals surface area contributed by atoms with Gasteiger partial charge in [-0.1, -0.05) is 18.2 Å². The average Bonchev–Trinajstić information content (AvgIpc) is 2.95. The van der Waals surface area contributed by atoms with E-state index >= 15 is 0 Å². The summed E-state index contributed by atoms with van der Waals surface area (Å²) >= 11 is 5.39. The van der Waals surface area contributed by atoms with Gasteiger partial charge < -0.3 is 9.73 Å². The summed E-state index contributed by atoms with van der Waals surface area (Å²) in [6.07, 6.45) is 1.71. The van der Waals surface area contributed by atoms with Crippen molar-refractivity contribution in [3.8, 4) is 0 Å². The van der Waals surface area contributed by atoms with E-state index in [9.17, 15) is 0 Å². The van der Waals surface area contributed by atoms with Crippen LogP contribution >= 0.6 is 12.2 Å². The van der Waals surface area contributed by atoms with Crippen LogP contribution in [0, 0.1) is 0 Å². The quantitative estimate of drug-likeness (QED) is 0.817. The van der Waals surface area contributed by atoms with E-state index in [0.29, 0.717) is 0 Å². The number of hydrogen-bond acceptors (Lipinski definition) is 2. The Labute approximate surface area is 117 Å². The summed E-state index contributed by atoms with van der Waals surface area (Å²) in [6, 6.07) is 14.1. The maximum Gasteiger partial charge on any atom is 0.182 e. The molecule has 0 saturated carbocycles. The van der Waals surface area contributed by atoms with Crippen molar-refractivity contribution in [2.24, 2.45) is 0 Å². The summed E-state index contributed by atoms with van der Waals surface area (Å²) in [4.78, 5) is 3.49. The van der Waals surface area contributed by atoms with Crippen molar-refractivity contribution < 1.29 is 9.32 Å². The van der Waals surface area contributed by atoms with Gasteiger partial charge in [-0.2, -0.15) is 0 Å². The van der Waals surface area contributed by atoms with Crippen LogP contribution in [0.2, 0.25) is 0 Å². The summed E-state index contributed by atoms with van der Waals surface area (Å²) in [5, 5.41) is 4.06. The second-order valence-electron chi connectivity index (χ2n) is 4.59. The molecule has 0 spiro atoms. The highest BCUT2D eigenvalue weighted by molar-refractivity contribution is 7.80. The number of hydrogen-bond donors (Lipinski definition) is 2. The van der Waals surface area contributed by atoms with Crippen LogP contribution in [0.15, 0.2) is 53.1 Å². The molecule has 0 amide bonds. The molecule has 1 saturated heterocycles. The third-order valence-corrected chi connectivity index (χ3v) is 3.55. The smallest absolute Gasteiger partial charge is 0.182 e. The second-order valence-corrected chi connectivity index (χ2v) is 4.97. The molecule has 1 fully saturated rings. The van der Waals surface area contributed by atoms with Crippen LogP contribution in [0.4, 0.5) is 5.69 Å². The average molecular weight is 274 g/mol. The Kier molecular flexibility index (Phi) is 3.48. The lowest BCUT2D eigenvalue weighted by Crippen LogP contribution is -3.16. The van der Waals surface area contributed by atoms with E-state index in [1.165, 1.54) is 4.90 Å². The van der Waals surface area contributed by atoms with Gasteiger partial charge in [0.15, 0.2) is 24.2 Å². The highest BCUT2D eigenvalue weighted by Crippen LogP contribution is 2.12. The van der Waals surface area contributed by atoms with Gasteiger partial charge in [0.2, 0.25) is 0 Å². The number of rotatable bonds is 3. The summed E-state index contributed by atoms with van der Waals surface area (Å²) < 4.78 is 5.40. The number of quaternary nitrogens is 1. The van der Waals surface area contributed by atoms with Crippen LogP contribution in [-0.2, 0) is 6.54 Å². The van der Waals surface area contributed by atoms with Crippen molar-refractivity contribution in [2.45, 2.75) is 6.54 Å². The first-order valence-corrected chi connectivity index (χ1v) is 6.70. The molecule has 2 heterocycles. The number of para-hydroxylation sites is 1. The first kappa shape index (κ1) is 12.2. The van der Waals surface area contributed by atoms with Crippen molar-refractivity contribution in [3.63, 3.8) is 0 Å². The molecule has 0 aliphatic carbocycles. The Morgan fingerprint density at radius 1 is 1.21 bits per heavy atom. The molecule has 98 valence electrons. The fourth-order valence-electron chi connectivity index (χ4n) is 2.24. The van der Waals surface area contributed by atoms with Crippen LogP contribution in [-0.4, -0.2) is 18.4 Å². The van der Waals surface area contributed by atoms with E-state index in [4.69, 9.17) is 16.6 Å². The van der Waals surface area contributed by atoms with E-state index in [-0.39, 0.29) is 0 Å². The van der Waals surface area contributed by atoms with Gasteiger partial charge in [-0.05, 0) is 36.5 Å². The van der Waals surface area contributed by atoms with E-state index in [2.05, 4.69) is 22.3 Å². The molecule has 4 nitrogen and oxygen atoms in total. The lowest BCUT2D eigenvalue weighted by Gasteiger charge is -2.34. The Balaban J connectivity index is 1.72. The molecule has 1 aliphatic heterocycles. The van der Waals surface area contributed by atoms with Gasteiger partial charge in [0.05, 0.1) is 6.26 Å². The van der Waals surface area contributed by atoms with Gasteiger partial charge in [0.1, 0.15) is 6.54 Å². The molecule has 1 unspecified atom stereocenters. The number of nitrogens with zero attached hydrogens (tertiary/aromatic N) is 1. The second kappa shape index (κ2) is 5.42. The van der Waals surface area contributed by atoms with Gasteiger partial charge in [0.25, 0.3) is 0 Å². The Bertz CT molecular complexity index is 541. The third kappa shape index (κ3) is 2.77. The standard InChI is InChI=1S/C14H15N3OS/c19-14-15-10-16(9-13-7-4-8-18-13)11-17(14)12-5-2-1-3-6-12/h1-8H,9-11H2,(H,15,19)/p+1. The molecule has 0 radical (unpaired) electrons. The molecule has 1 aromatic heterocycles. The first-order valence-electron chi connectivity index (χ1n) is 6.29. The van der Waals surface area contributed by atoms with Gasteiger partial charge in [-0.15, -0.1) is 0 Å². The van der Waals surface area contributed by atoms with E-state index in [1.807, 2.05) is 30.3 Å². The normalized spacial score (nSPS) is 19.3. The predicted molar refractivity (Wildman–Crippen MR) is 77.8 cm³/mol. The van der Waals surface area contributed by atoms with E-state index in [0.717, 1.165) is 36.4 Å². The van der Waals surface area contributed by atoms with Crippen molar-refractivity contribution in [3.05, 3.63) is 54.5 Å². The van der Waals surface area contributed by atoms with Crippen LogP contribution in [0.3, 0.4) is 0 Å². The minimum atomic E-state index is 0.786. The monoisotopic (exact) mass is 274 g/mol. The van der Waals surface area contributed by atoms with Crippen LogP contribution < -0.4 is 15.1 Å². The summed E-state index contributed by atoms with van der Waals surface area (Å²) in [6.45, 7) is 2.52. The number of anilines is 1. The van der Waals surface area contributed by atoms with E-state index in [1.54, 1.807) is 6.26 Å². The highest BCUT2D eigenvalue weighted by Gasteiger charge is 2.25. The van der Waals surface area contributed by atoms with Crippen LogP contribution in [0.25, 0.3) is 0 Å². The molecular weight excluding hydrogens is 258 g/mol. The number of nitrogens with one attached hydrogen (secondary N) is 2. The topological polar surface area (TPSA) is 32.9 Å². The first-order chi connectivity index (χ1) is 9.33. The zero-order chi connectivity index (χ0) is 13.1. The number of benzene rings is 1. The maximum absolute atomic E-state index is 5.40. The predicted octanol–water partition coefficient (Wildman–Crippen LogP) is 0.974. The highest BCUT2D eigenvalue weighted by atomic mass is 32.1. The van der Waals surface area contributed by atoms with Crippen molar-refractivity contribution in [1.29, 1.82) is 0 Å². The largest absolute Gasteiger partial charge is 0.463 e. The van der Waals surface area contributed by atoms with Crippen molar-refractivity contribution in [2.75, 3.05) is 18.2 Å². The van der Waals surface area contributed by atoms with Gasteiger partial charge >= 0.3 is 0 Å². The lowest BCUT2D eigenvalue weighted by atomic mass is 10.3. The van der Waals surface area contributed by atoms with Crippen molar-refractivity contribution in [1.82, 2.24) is 5.32 Å². The Hall–Kier alpha value is -1.85. The molecule has 0 bridgehead atoms. The fourth-order valence-corrected chi connectivity index (χ4v) is 2.48. The maximum atomic E-state index is 5.40. The van der Waals surface area contributed by atoms with Crippen LogP contribution in [0.5, 0.6) is 0 Å². The minimum absolute atomic E-state index is 0.786. The zero-order valence-electron chi connectivity index (χ0n) is 10.5. The number of thiocarbonyl (C=S) groups is 1. The summed E-state index contributed by atoms with van der Waals surface area (Å²) in [5.74, 6) is 0.998. The summed E-state index contributed by atoms with van der Waals surface area (Å²) in [7, 11) is 0. The van der Waals surface area contributed by atoms with Gasteiger partial charge in [0, 0.05) is 5.69 Å².